The number of nitrogens with zero attached hydrogens (tertiary/aromatic N) is 2. The van der Waals surface area contributed by atoms with Crippen LogP contribution in [-0.4, -0.2) is 70.4 Å². The lowest BCUT2D eigenvalue weighted by Gasteiger charge is -2.26. The van der Waals surface area contributed by atoms with Gasteiger partial charge in [0, 0.05) is 43.9 Å². The van der Waals surface area contributed by atoms with Crippen molar-refractivity contribution in [3.8, 4) is 17.2 Å². The zero-order valence-electron chi connectivity index (χ0n) is 19.8. The van der Waals surface area contributed by atoms with Gasteiger partial charge in [-0.15, -0.1) is 5.10 Å². The Kier molecular flexibility index (Phi) is 9.81. The highest BCUT2D eigenvalue weighted by molar-refractivity contribution is 7.90. The first-order chi connectivity index (χ1) is 15.5. The highest BCUT2D eigenvalue weighted by Crippen LogP contribution is 2.24. The van der Waals surface area contributed by atoms with Crippen LogP contribution in [0.4, 0.5) is 0 Å². The van der Waals surface area contributed by atoms with Crippen molar-refractivity contribution in [3.05, 3.63) is 24.3 Å². The zero-order valence-corrected chi connectivity index (χ0v) is 20.6. The van der Waals surface area contributed by atoms with Gasteiger partial charge in [0.1, 0.15) is 5.75 Å². The first-order valence-electron chi connectivity index (χ1n) is 10.6. The summed E-state index contributed by atoms with van der Waals surface area (Å²) in [6.45, 7) is 7.87. The van der Waals surface area contributed by atoms with Gasteiger partial charge in [-0.25, -0.2) is 8.42 Å². The van der Waals surface area contributed by atoms with E-state index < -0.39 is 15.1 Å². The van der Waals surface area contributed by atoms with Crippen LogP contribution in [0.5, 0.6) is 5.75 Å². The largest absolute Gasteiger partial charge is 0.493 e. The lowest BCUT2D eigenvalue weighted by atomic mass is 9.96. The topological polar surface area (TPSA) is 130 Å². The highest BCUT2D eigenvalue weighted by Gasteiger charge is 2.22. The van der Waals surface area contributed by atoms with E-state index in [2.05, 4.69) is 15.5 Å². The second-order valence-electron chi connectivity index (χ2n) is 8.64. The molecule has 0 saturated heterocycles. The number of methoxy groups -OCH3 is 1. The molecular formula is C22H33N3O7S. The van der Waals surface area contributed by atoms with E-state index in [0.29, 0.717) is 50.5 Å². The molecule has 10 nitrogen and oxygen atoms in total. The summed E-state index contributed by atoms with van der Waals surface area (Å²) in [5.41, 5.74) is 0.331. The quantitative estimate of drug-likeness (QED) is 0.403. The lowest BCUT2D eigenvalue weighted by molar-refractivity contribution is -0.122. The molecular weight excluding hydrogens is 450 g/mol. The minimum atomic E-state index is -3.55. The van der Waals surface area contributed by atoms with E-state index in [1.807, 2.05) is 20.8 Å². The van der Waals surface area contributed by atoms with Crippen LogP contribution in [-0.2, 0) is 24.1 Å². The molecule has 2 rings (SSSR count). The van der Waals surface area contributed by atoms with Gasteiger partial charge < -0.3 is 23.9 Å². The SMILES string of the molecule is COCCCC(=O)NCC(C)OCC(C)(C)COc1ccc(-c2nnc(S(C)(=O)=O)o2)cc1. The Labute approximate surface area is 194 Å². The average Bonchev–Trinajstić information content (AvgIpc) is 3.27. The molecule has 11 heteroatoms. The van der Waals surface area contributed by atoms with Crippen molar-refractivity contribution in [1.29, 1.82) is 0 Å². The number of nitrogens with one attached hydrogen (secondary N) is 1. The van der Waals surface area contributed by atoms with Crippen molar-refractivity contribution < 1.29 is 31.8 Å². The van der Waals surface area contributed by atoms with E-state index in [9.17, 15) is 13.2 Å². The molecule has 1 heterocycles. The predicted molar refractivity (Wildman–Crippen MR) is 122 cm³/mol. The van der Waals surface area contributed by atoms with Crippen molar-refractivity contribution >= 4 is 15.7 Å². The Balaban J connectivity index is 1.76. The second-order valence-corrected chi connectivity index (χ2v) is 10.5. The molecule has 1 unspecified atom stereocenters. The van der Waals surface area contributed by atoms with Crippen LogP contribution in [0.15, 0.2) is 33.9 Å². The molecule has 0 aliphatic heterocycles. The third-order valence-electron chi connectivity index (χ3n) is 4.55. The summed E-state index contributed by atoms with van der Waals surface area (Å²) in [5, 5.41) is 9.76. The molecule has 1 aromatic heterocycles. The van der Waals surface area contributed by atoms with Crippen LogP contribution in [0.2, 0.25) is 0 Å². The number of benzene rings is 1. The van der Waals surface area contributed by atoms with Crippen LogP contribution in [0, 0.1) is 5.41 Å². The van der Waals surface area contributed by atoms with Gasteiger partial charge in [0.05, 0.1) is 19.3 Å². The van der Waals surface area contributed by atoms with Crippen molar-refractivity contribution in [2.45, 2.75) is 44.9 Å². The Morgan fingerprint density at radius 3 is 2.48 bits per heavy atom. The Morgan fingerprint density at radius 1 is 1.18 bits per heavy atom. The fourth-order valence-electron chi connectivity index (χ4n) is 2.64. The normalized spacial score (nSPS) is 13.0. The Morgan fingerprint density at radius 2 is 1.88 bits per heavy atom. The Bertz CT molecular complexity index is 988. The van der Waals surface area contributed by atoms with Crippen molar-refractivity contribution in [2.75, 3.05) is 39.7 Å². The summed E-state index contributed by atoms with van der Waals surface area (Å²) < 4.78 is 44.9. The number of amides is 1. The number of carbonyl (C=O) groups excluding carboxylic acids is 1. The molecule has 33 heavy (non-hydrogen) atoms. The minimum absolute atomic E-state index is 0.0124. The van der Waals surface area contributed by atoms with Crippen LogP contribution in [0.1, 0.15) is 33.6 Å². The Hall–Kier alpha value is -2.50. The van der Waals surface area contributed by atoms with E-state index >= 15 is 0 Å². The smallest absolute Gasteiger partial charge is 0.335 e. The van der Waals surface area contributed by atoms with E-state index in [1.165, 1.54) is 0 Å². The van der Waals surface area contributed by atoms with E-state index in [0.717, 1.165) is 6.26 Å². The zero-order chi connectivity index (χ0) is 24.5. The summed E-state index contributed by atoms with van der Waals surface area (Å²) in [4.78, 5) is 11.8. The number of rotatable bonds is 14. The monoisotopic (exact) mass is 483 g/mol. The molecule has 184 valence electrons. The average molecular weight is 484 g/mol. The summed E-state index contributed by atoms with van der Waals surface area (Å²) >= 11 is 0. The first kappa shape index (κ1) is 26.7. The summed E-state index contributed by atoms with van der Waals surface area (Å²) in [6.07, 6.45) is 2.01. The van der Waals surface area contributed by atoms with Crippen molar-refractivity contribution in [1.82, 2.24) is 15.5 Å². The molecule has 1 N–H and O–H groups in total. The fraction of sp³-hybridized carbons (Fsp3) is 0.591. The molecule has 0 fully saturated rings. The number of carbonyl (C=O) groups is 1. The van der Waals surface area contributed by atoms with E-state index in [4.69, 9.17) is 18.6 Å². The van der Waals surface area contributed by atoms with Gasteiger partial charge in [-0.1, -0.05) is 18.9 Å². The van der Waals surface area contributed by atoms with Crippen LogP contribution in [0.25, 0.3) is 11.5 Å². The molecule has 0 saturated carbocycles. The lowest BCUT2D eigenvalue weighted by Crippen LogP contribution is -2.35. The van der Waals surface area contributed by atoms with E-state index in [1.54, 1.807) is 31.4 Å². The number of hydrogen-bond donors (Lipinski definition) is 1. The molecule has 1 aromatic carbocycles. The molecule has 2 aromatic rings. The van der Waals surface area contributed by atoms with Gasteiger partial charge in [-0.3, -0.25) is 4.79 Å². The second kappa shape index (κ2) is 12.1. The third-order valence-corrected chi connectivity index (χ3v) is 5.35. The van der Waals surface area contributed by atoms with Crippen molar-refractivity contribution in [2.24, 2.45) is 5.41 Å². The van der Waals surface area contributed by atoms with Crippen LogP contribution < -0.4 is 10.1 Å². The third kappa shape index (κ3) is 9.48. The van der Waals surface area contributed by atoms with Gasteiger partial charge in [0.25, 0.3) is 0 Å². The van der Waals surface area contributed by atoms with Crippen molar-refractivity contribution in [3.63, 3.8) is 0 Å². The molecule has 0 aliphatic rings. The van der Waals surface area contributed by atoms with Gasteiger partial charge in [-0.05, 0) is 37.6 Å². The number of sulfone groups is 1. The molecule has 0 radical (unpaired) electrons. The maximum Gasteiger partial charge on any atom is 0.335 e. The van der Waals surface area contributed by atoms with E-state index in [-0.39, 0.29) is 23.3 Å². The first-order valence-corrected chi connectivity index (χ1v) is 12.5. The predicted octanol–water partition coefficient (Wildman–Crippen LogP) is 2.49. The summed E-state index contributed by atoms with van der Waals surface area (Å²) in [5.74, 6) is 0.753. The fourth-order valence-corrected chi connectivity index (χ4v) is 3.06. The summed E-state index contributed by atoms with van der Waals surface area (Å²) in [7, 11) is -1.94. The number of ether oxygens (including phenoxy) is 3. The van der Waals surface area contributed by atoms with Crippen LogP contribution in [0.3, 0.4) is 0 Å². The molecule has 0 aliphatic carbocycles. The van der Waals surface area contributed by atoms with Gasteiger partial charge in [0.15, 0.2) is 0 Å². The summed E-state index contributed by atoms with van der Waals surface area (Å²) in [6, 6.07) is 6.93. The van der Waals surface area contributed by atoms with Gasteiger partial charge >= 0.3 is 5.22 Å². The molecule has 0 spiro atoms. The van der Waals surface area contributed by atoms with Gasteiger partial charge in [-0.2, -0.15) is 0 Å². The number of hydrogen-bond acceptors (Lipinski definition) is 9. The minimum Gasteiger partial charge on any atom is -0.493 e. The molecule has 0 bridgehead atoms. The maximum atomic E-state index is 11.8. The van der Waals surface area contributed by atoms with Gasteiger partial charge in [0.2, 0.25) is 21.6 Å². The number of aromatic nitrogens is 2. The van der Waals surface area contributed by atoms with Crippen LogP contribution >= 0.6 is 0 Å². The standard InChI is InChI=1S/C22H33N3O7S/c1-16(13-23-19(26)7-6-12-29-4)30-14-22(2,3)15-31-18-10-8-17(9-11-18)20-24-25-21(32-20)33(5,27)28/h8-11,16H,6-7,12-15H2,1-5H3,(H,23,26). The molecule has 1 amide bonds. The maximum absolute atomic E-state index is 11.8. The highest BCUT2D eigenvalue weighted by atomic mass is 32.2. The molecule has 1 atom stereocenters.